The van der Waals surface area contributed by atoms with Crippen molar-refractivity contribution in [1.82, 2.24) is 4.98 Å². The van der Waals surface area contributed by atoms with Gasteiger partial charge in [0.05, 0.1) is 17.0 Å². The maximum absolute atomic E-state index is 6.30. The van der Waals surface area contributed by atoms with Gasteiger partial charge in [-0.1, -0.05) is 37.3 Å². The molecule has 21 heavy (non-hydrogen) atoms. The molecule has 0 spiro atoms. The average molecular weight is 298 g/mol. The molecule has 2 heterocycles. The van der Waals surface area contributed by atoms with E-state index in [9.17, 15) is 0 Å². The van der Waals surface area contributed by atoms with Crippen LogP contribution in [0.5, 0.6) is 0 Å². The monoisotopic (exact) mass is 298 g/mol. The van der Waals surface area contributed by atoms with Crippen molar-refractivity contribution in [2.45, 2.75) is 25.8 Å². The van der Waals surface area contributed by atoms with Crippen LogP contribution >= 0.6 is 11.3 Å². The van der Waals surface area contributed by atoms with E-state index < -0.39 is 0 Å². The highest BCUT2D eigenvalue weighted by atomic mass is 32.1. The predicted molar refractivity (Wildman–Crippen MR) is 86.3 cm³/mol. The minimum absolute atomic E-state index is 0.0616. The molecule has 4 heteroatoms. The van der Waals surface area contributed by atoms with Crippen molar-refractivity contribution in [2.75, 3.05) is 0 Å². The highest BCUT2D eigenvalue weighted by molar-refractivity contribution is 7.09. The van der Waals surface area contributed by atoms with Crippen LogP contribution in [0.2, 0.25) is 0 Å². The van der Waals surface area contributed by atoms with E-state index in [0.29, 0.717) is 0 Å². The largest absolute Gasteiger partial charge is 0.469 e. The fourth-order valence-electron chi connectivity index (χ4n) is 2.41. The van der Waals surface area contributed by atoms with E-state index in [1.54, 1.807) is 17.6 Å². The third-order valence-corrected chi connectivity index (χ3v) is 4.39. The van der Waals surface area contributed by atoms with Gasteiger partial charge in [-0.3, -0.25) is 0 Å². The molecule has 0 bridgehead atoms. The number of thiazole rings is 1. The maximum Gasteiger partial charge on any atom is 0.108 e. The number of nitrogens with two attached hydrogens (primary N) is 1. The first-order chi connectivity index (χ1) is 10.3. The van der Waals surface area contributed by atoms with Gasteiger partial charge in [0.1, 0.15) is 5.76 Å². The van der Waals surface area contributed by atoms with Crippen molar-refractivity contribution in [3.05, 3.63) is 64.4 Å². The van der Waals surface area contributed by atoms with Crippen LogP contribution in [-0.2, 0) is 12.8 Å². The summed E-state index contributed by atoms with van der Waals surface area (Å²) in [4.78, 5) is 4.69. The molecular formula is C17H18N2OS. The van der Waals surface area contributed by atoms with Gasteiger partial charge < -0.3 is 10.2 Å². The molecule has 0 aliphatic heterocycles. The first kappa shape index (κ1) is 14.0. The van der Waals surface area contributed by atoms with Crippen LogP contribution in [0.25, 0.3) is 11.3 Å². The lowest BCUT2D eigenvalue weighted by Crippen LogP contribution is -2.14. The Morgan fingerprint density at radius 2 is 2.05 bits per heavy atom. The number of furan rings is 1. The molecule has 0 saturated carbocycles. The molecule has 108 valence electrons. The van der Waals surface area contributed by atoms with E-state index in [4.69, 9.17) is 15.1 Å². The molecule has 1 atom stereocenters. The molecule has 0 aliphatic rings. The summed E-state index contributed by atoms with van der Waals surface area (Å²) >= 11 is 1.66. The molecule has 3 rings (SSSR count). The summed E-state index contributed by atoms with van der Waals surface area (Å²) in [5.74, 6) is 0.974. The minimum Gasteiger partial charge on any atom is -0.469 e. The van der Waals surface area contributed by atoms with Gasteiger partial charge in [-0.2, -0.15) is 0 Å². The Bertz CT molecular complexity index is 702. The zero-order valence-electron chi connectivity index (χ0n) is 12.0. The van der Waals surface area contributed by atoms with Gasteiger partial charge in [-0.05, 0) is 6.07 Å². The maximum atomic E-state index is 6.30. The first-order valence-corrected chi connectivity index (χ1v) is 7.97. The van der Waals surface area contributed by atoms with Crippen molar-refractivity contribution >= 4 is 11.3 Å². The van der Waals surface area contributed by atoms with Crippen LogP contribution in [0, 0.1) is 0 Å². The fraction of sp³-hybridized carbons (Fsp3) is 0.235. The van der Waals surface area contributed by atoms with Crippen molar-refractivity contribution in [1.29, 1.82) is 0 Å². The Hall–Kier alpha value is -1.91. The van der Waals surface area contributed by atoms with E-state index in [2.05, 4.69) is 24.4 Å². The third-order valence-electron chi connectivity index (χ3n) is 3.52. The first-order valence-electron chi connectivity index (χ1n) is 7.09. The molecule has 0 radical (unpaired) electrons. The van der Waals surface area contributed by atoms with Gasteiger partial charge in [0, 0.05) is 35.4 Å². The summed E-state index contributed by atoms with van der Waals surface area (Å²) in [6, 6.07) is 12.1. The Morgan fingerprint density at radius 1 is 1.24 bits per heavy atom. The van der Waals surface area contributed by atoms with Crippen molar-refractivity contribution < 1.29 is 4.42 Å². The number of nitrogens with zero attached hydrogens (tertiary/aromatic N) is 1. The van der Waals surface area contributed by atoms with Gasteiger partial charge in [0.25, 0.3) is 0 Å². The van der Waals surface area contributed by atoms with Crippen LogP contribution in [-0.4, -0.2) is 4.98 Å². The normalized spacial score (nSPS) is 12.5. The standard InChI is InChI=1S/C17H18N2OS/c1-2-16-13(8-9-20-16)14(18)10-17-19-15(11-21-17)12-6-4-3-5-7-12/h3-9,11,14H,2,10,18H2,1H3. The second-order valence-corrected chi connectivity index (χ2v) is 5.90. The Balaban J connectivity index is 1.76. The highest BCUT2D eigenvalue weighted by Crippen LogP contribution is 2.26. The van der Waals surface area contributed by atoms with Crippen LogP contribution in [0.1, 0.15) is 29.3 Å². The van der Waals surface area contributed by atoms with E-state index in [1.165, 1.54) is 0 Å². The Kier molecular flexibility index (Phi) is 4.18. The van der Waals surface area contributed by atoms with E-state index in [-0.39, 0.29) is 6.04 Å². The molecule has 2 aromatic heterocycles. The Labute approximate surface area is 128 Å². The molecule has 0 amide bonds. The van der Waals surface area contributed by atoms with Crippen molar-refractivity contribution in [2.24, 2.45) is 5.73 Å². The topological polar surface area (TPSA) is 52.0 Å². The predicted octanol–water partition coefficient (Wildman–Crippen LogP) is 4.21. The zero-order valence-corrected chi connectivity index (χ0v) is 12.8. The molecule has 0 aliphatic carbocycles. The van der Waals surface area contributed by atoms with E-state index in [0.717, 1.165) is 40.4 Å². The van der Waals surface area contributed by atoms with Crippen LogP contribution in [0.15, 0.2) is 52.5 Å². The summed E-state index contributed by atoms with van der Waals surface area (Å²) in [5, 5.41) is 3.15. The molecule has 3 nitrogen and oxygen atoms in total. The van der Waals surface area contributed by atoms with Crippen LogP contribution < -0.4 is 5.73 Å². The average Bonchev–Trinajstić information content (AvgIpc) is 3.16. The van der Waals surface area contributed by atoms with Crippen LogP contribution in [0.4, 0.5) is 0 Å². The van der Waals surface area contributed by atoms with Crippen molar-refractivity contribution in [3.63, 3.8) is 0 Å². The summed E-state index contributed by atoms with van der Waals surface area (Å²) in [6.07, 6.45) is 3.32. The van der Waals surface area contributed by atoms with Gasteiger partial charge in [-0.15, -0.1) is 11.3 Å². The molecular weight excluding hydrogens is 280 g/mol. The fourth-order valence-corrected chi connectivity index (χ4v) is 3.28. The number of aromatic nitrogens is 1. The molecule has 2 N–H and O–H groups in total. The highest BCUT2D eigenvalue weighted by Gasteiger charge is 2.15. The van der Waals surface area contributed by atoms with Gasteiger partial charge in [0.15, 0.2) is 0 Å². The van der Waals surface area contributed by atoms with Gasteiger partial charge >= 0.3 is 0 Å². The van der Waals surface area contributed by atoms with E-state index in [1.807, 2.05) is 24.3 Å². The summed E-state index contributed by atoms with van der Waals surface area (Å²) in [7, 11) is 0. The number of benzene rings is 1. The Morgan fingerprint density at radius 3 is 2.81 bits per heavy atom. The molecule has 1 aromatic carbocycles. The number of aryl methyl sites for hydroxylation is 1. The summed E-state index contributed by atoms with van der Waals surface area (Å²) in [5.41, 5.74) is 9.56. The van der Waals surface area contributed by atoms with Gasteiger partial charge in [0.2, 0.25) is 0 Å². The second-order valence-electron chi connectivity index (χ2n) is 4.96. The molecule has 0 fully saturated rings. The SMILES string of the molecule is CCc1occc1C(N)Cc1nc(-c2ccccc2)cs1. The molecule has 0 saturated heterocycles. The van der Waals surface area contributed by atoms with Gasteiger partial charge in [-0.25, -0.2) is 4.98 Å². The van der Waals surface area contributed by atoms with Crippen LogP contribution in [0.3, 0.4) is 0 Å². The molecule has 1 unspecified atom stereocenters. The lowest BCUT2D eigenvalue weighted by Gasteiger charge is -2.09. The third kappa shape index (κ3) is 3.06. The van der Waals surface area contributed by atoms with Crippen molar-refractivity contribution in [3.8, 4) is 11.3 Å². The minimum atomic E-state index is -0.0616. The summed E-state index contributed by atoms with van der Waals surface area (Å²) in [6.45, 7) is 2.08. The quantitative estimate of drug-likeness (QED) is 0.767. The number of hydrogen-bond acceptors (Lipinski definition) is 4. The number of rotatable bonds is 5. The zero-order chi connectivity index (χ0) is 14.7. The smallest absolute Gasteiger partial charge is 0.108 e. The lowest BCUT2D eigenvalue weighted by molar-refractivity contribution is 0.505. The summed E-state index contributed by atoms with van der Waals surface area (Å²) < 4.78 is 5.45. The second kappa shape index (κ2) is 6.24. The molecule has 3 aromatic rings. The van der Waals surface area contributed by atoms with E-state index >= 15 is 0 Å². The number of hydrogen-bond donors (Lipinski definition) is 1. The lowest BCUT2D eigenvalue weighted by atomic mass is 10.0.